The van der Waals surface area contributed by atoms with E-state index in [-0.39, 0.29) is 24.0 Å². The Morgan fingerprint density at radius 2 is 1.96 bits per heavy atom. The van der Waals surface area contributed by atoms with Gasteiger partial charge in [0.1, 0.15) is 5.75 Å². The summed E-state index contributed by atoms with van der Waals surface area (Å²) in [6.07, 6.45) is 2.61. The van der Waals surface area contributed by atoms with Gasteiger partial charge in [0, 0.05) is 51.9 Å². The Labute approximate surface area is 181 Å². The molecule has 1 aliphatic carbocycles. The van der Waals surface area contributed by atoms with Crippen molar-refractivity contribution in [3.63, 3.8) is 0 Å². The predicted molar refractivity (Wildman–Crippen MR) is 122 cm³/mol. The van der Waals surface area contributed by atoms with E-state index < -0.39 is 0 Å². The first-order chi connectivity index (χ1) is 12.7. The first-order valence-electron chi connectivity index (χ1n) is 9.53. The van der Waals surface area contributed by atoms with Gasteiger partial charge < -0.3 is 19.7 Å². The highest BCUT2D eigenvalue weighted by Crippen LogP contribution is 2.26. The van der Waals surface area contributed by atoms with Crippen molar-refractivity contribution in [2.45, 2.75) is 32.4 Å². The molecule has 27 heavy (non-hydrogen) atoms. The summed E-state index contributed by atoms with van der Waals surface area (Å²) in [4.78, 5) is 9.48. The Bertz CT molecular complexity index is 567. The number of nitrogens with one attached hydrogen (secondary N) is 1. The maximum Gasteiger partial charge on any atom is 0.194 e. The molecule has 154 valence electrons. The number of aliphatic imine (C=N–C) groups is 1. The van der Waals surface area contributed by atoms with E-state index in [0.717, 1.165) is 62.6 Å². The fourth-order valence-electron chi connectivity index (χ4n) is 3.04. The highest BCUT2D eigenvalue weighted by Gasteiger charge is 2.28. The molecule has 1 aromatic carbocycles. The average Bonchev–Trinajstić information content (AvgIpc) is 3.49. The Morgan fingerprint density at radius 1 is 1.22 bits per heavy atom. The van der Waals surface area contributed by atoms with Crippen molar-refractivity contribution in [1.82, 2.24) is 15.1 Å². The normalized spacial score (nSPS) is 14.0. The number of benzene rings is 1. The smallest absolute Gasteiger partial charge is 0.194 e. The molecule has 6 nitrogen and oxygen atoms in total. The molecule has 0 heterocycles. The molecule has 0 unspecified atom stereocenters. The molecular formula is C20H35IN4O2. The van der Waals surface area contributed by atoms with Gasteiger partial charge in [0.2, 0.25) is 0 Å². The summed E-state index contributed by atoms with van der Waals surface area (Å²) < 4.78 is 10.7. The zero-order valence-electron chi connectivity index (χ0n) is 17.1. The van der Waals surface area contributed by atoms with Crippen molar-refractivity contribution in [3.8, 4) is 5.75 Å². The van der Waals surface area contributed by atoms with Gasteiger partial charge in [-0.15, -0.1) is 24.0 Å². The van der Waals surface area contributed by atoms with Gasteiger partial charge in [-0.2, -0.15) is 0 Å². The second kappa shape index (κ2) is 13.2. The van der Waals surface area contributed by atoms with Crippen molar-refractivity contribution in [1.29, 1.82) is 0 Å². The molecule has 0 saturated heterocycles. The third-order valence-corrected chi connectivity index (χ3v) is 4.59. The first kappa shape index (κ1) is 24.0. The number of halogens is 1. The summed E-state index contributed by atoms with van der Waals surface area (Å²) >= 11 is 0. The standard InChI is InChI=1S/C20H34N4O2.HI/c1-5-21-20(22-12-13-24(14-15-25-3)18-10-11-18)23(2)16-17-8-6-7-9-19(17)26-4;/h6-9,18H,5,10-16H2,1-4H3,(H,21,22);1H. The van der Waals surface area contributed by atoms with Gasteiger partial charge in [-0.3, -0.25) is 9.89 Å². The van der Waals surface area contributed by atoms with E-state index in [2.05, 4.69) is 35.2 Å². The van der Waals surface area contributed by atoms with E-state index in [1.165, 1.54) is 12.8 Å². The van der Waals surface area contributed by atoms with Crippen LogP contribution in [0.3, 0.4) is 0 Å². The molecule has 1 aliphatic rings. The van der Waals surface area contributed by atoms with Crippen LogP contribution in [-0.4, -0.2) is 75.9 Å². The van der Waals surface area contributed by atoms with Crippen LogP contribution in [0.1, 0.15) is 25.3 Å². The summed E-state index contributed by atoms with van der Waals surface area (Å²) in [5.41, 5.74) is 1.16. The van der Waals surface area contributed by atoms with Crippen LogP contribution in [0, 0.1) is 0 Å². The molecule has 0 radical (unpaired) electrons. The number of hydrogen-bond acceptors (Lipinski definition) is 4. The van der Waals surface area contributed by atoms with Gasteiger partial charge in [0.25, 0.3) is 0 Å². The lowest BCUT2D eigenvalue weighted by Crippen LogP contribution is -2.39. The molecule has 0 atom stereocenters. The molecule has 1 aromatic rings. The van der Waals surface area contributed by atoms with Crippen LogP contribution in [-0.2, 0) is 11.3 Å². The Balaban J connectivity index is 0.00000364. The predicted octanol–water partition coefficient (Wildman–Crippen LogP) is 2.82. The second-order valence-corrected chi connectivity index (χ2v) is 6.66. The number of hydrogen-bond donors (Lipinski definition) is 1. The van der Waals surface area contributed by atoms with E-state index in [1.807, 2.05) is 18.2 Å². The summed E-state index contributed by atoms with van der Waals surface area (Å²) in [6.45, 7) is 7.25. The highest BCUT2D eigenvalue weighted by molar-refractivity contribution is 14.0. The summed E-state index contributed by atoms with van der Waals surface area (Å²) in [5, 5.41) is 3.39. The SMILES string of the molecule is CCNC(=NCCN(CCOC)C1CC1)N(C)Cc1ccccc1OC.I. The maximum atomic E-state index is 5.46. The van der Waals surface area contributed by atoms with Crippen molar-refractivity contribution >= 4 is 29.9 Å². The topological polar surface area (TPSA) is 49.3 Å². The summed E-state index contributed by atoms with van der Waals surface area (Å²) in [5.74, 6) is 1.84. The Kier molecular flexibility index (Phi) is 11.7. The van der Waals surface area contributed by atoms with E-state index in [0.29, 0.717) is 0 Å². The minimum Gasteiger partial charge on any atom is -0.496 e. The Morgan fingerprint density at radius 3 is 2.59 bits per heavy atom. The quantitative estimate of drug-likeness (QED) is 0.294. The third-order valence-electron chi connectivity index (χ3n) is 4.59. The van der Waals surface area contributed by atoms with Crippen LogP contribution in [0.25, 0.3) is 0 Å². The molecule has 0 aliphatic heterocycles. The minimum atomic E-state index is 0. The molecule has 2 rings (SSSR count). The first-order valence-corrected chi connectivity index (χ1v) is 9.53. The van der Waals surface area contributed by atoms with Crippen molar-refractivity contribution in [2.75, 3.05) is 54.1 Å². The van der Waals surface area contributed by atoms with E-state index in [1.54, 1.807) is 14.2 Å². The van der Waals surface area contributed by atoms with E-state index in [4.69, 9.17) is 14.5 Å². The molecule has 0 spiro atoms. The molecule has 1 saturated carbocycles. The number of nitrogens with zero attached hydrogens (tertiary/aromatic N) is 3. The molecular weight excluding hydrogens is 455 g/mol. The highest BCUT2D eigenvalue weighted by atomic mass is 127. The molecule has 7 heteroatoms. The van der Waals surface area contributed by atoms with Crippen LogP contribution in [0.4, 0.5) is 0 Å². The minimum absolute atomic E-state index is 0. The summed E-state index contributed by atoms with van der Waals surface area (Å²) in [7, 11) is 5.54. The molecule has 1 fully saturated rings. The number of para-hydroxylation sites is 1. The lowest BCUT2D eigenvalue weighted by Gasteiger charge is -2.24. The number of ether oxygens (including phenoxy) is 2. The van der Waals surface area contributed by atoms with Crippen LogP contribution < -0.4 is 10.1 Å². The van der Waals surface area contributed by atoms with Crippen molar-refractivity contribution in [2.24, 2.45) is 4.99 Å². The second-order valence-electron chi connectivity index (χ2n) is 6.66. The summed E-state index contributed by atoms with van der Waals surface area (Å²) in [6, 6.07) is 8.86. The zero-order chi connectivity index (χ0) is 18.8. The fraction of sp³-hybridized carbons (Fsp3) is 0.650. The van der Waals surface area contributed by atoms with E-state index in [9.17, 15) is 0 Å². The van der Waals surface area contributed by atoms with Crippen molar-refractivity contribution in [3.05, 3.63) is 29.8 Å². The zero-order valence-corrected chi connectivity index (χ0v) is 19.4. The largest absolute Gasteiger partial charge is 0.496 e. The van der Waals surface area contributed by atoms with Gasteiger partial charge >= 0.3 is 0 Å². The van der Waals surface area contributed by atoms with Gasteiger partial charge in [-0.1, -0.05) is 18.2 Å². The number of guanidine groups is 1. The lowest BCUT2D eigenvalue weighted by molar-refractivity contribution is 0.145. The molecule has 0 bridgehead atoms. The van der Waals surface area contributed by atoms with Crippen LogP contribution in [0.5, 0.6) is 5.75 Å². The fourth-order valence-corrected chi connectivity index (χ4v) is 3.04. The van der Waals surface area contributed by atoms with Gasteiger partial charge in [0.15, 0.2) is 5.96 Å². The Hall–Kier alpha value is -1.06. The van der Waals surface area contributed by atoms with Crippen LogP contribution >= 0.6 is 24.0 Å². The average molecular weight is 490 g/mol. The van der Waals surface area contributed by atoms with Gasteiger partial charge in [0.05, 0.1) is 20.3 Å². The maximum absolute atomic E-state index is 5.46. The number of rotatable bonds is 11. The van der Waals surface area contributed by atoms with Gasteiger partial charge in [-0.25, -0.2) is 0 Å². The molecule has 1 N–H and O–H groups in total. The van der Waals surface area contributed by atoms with Crippen LogP contribution in [0.15, 0.2) is 29.3 Å². The molecule has 0 amide bonds. The van der Waals surface area contributed by atoms with Gasteiger partial charge in [-0.05, 0) is 25.8 Å². The van der Waals surface area contributed by atoms with E-state index >= 15 is 0 Å². The third kappa shape index (κ3) is 8.23. The van der Waals surface area contributed by atoms with Crippen molar-refractivity contribution < 1.29 is 9.47 Å². The van der Waals surface area contributed by atoms with Crippen LogP contribution in [0.2, 0.25) is 0 Å². The monoisotopic (exact) mass is 490 g/mol. The number of methoxy groups -OCH3 is 2. The molecule has 0 aromatic heterocycles. The lowest BCUT2D eigenvalue weighted by atomic mass is 10.2.